The van der Waals surface area contributed by atoms with Crippen molar-refractivity contribution in [3.8, 4) is 0 Å². The Labute approximate surface area is 187 Å². The third-order valence-corrected chi connectivity index (χ3v) is 6.24. The highest BCUT2D eigenvalue weighted by molar-refractivity contribution is 7.99. The molecule has 1 fully saturated rings. The number of nitrogens with one attached hydrogen (secondary N) is 1. The van der Waals surface area contributed by atoms with Gasteiger partial charge in [-0.15, -0.1) is 0 Å². The van der Waals surface area contributed by atoms with Crippen LogP contribution in [0, 0.1) is 6.92 Å². The lowest BCUT2D eigenvalue weighted by molar-refractivity contribution is -0.118. The van der Waals surface area contributed by atoms with E-state index in [9.17, 15) is 4.79 Å². The van der Waals surface area contributed by atoms with E-state index in [-0.39, 0.29) is 5.91 Å². The largest absolute Gasteiger partial charge is 0.368 e. The van der Waals surface area contributed by atoms with E-state index in [0.717, 1.165) is 42.6 Å². The summed E-state index contributed by atoms with van der Waals surface area (Å²) in [6.45, 7) is 6.33. The number of nitrogens with zero attached hydrogens (tertiary/aromatic N) is 4. The smallest absolute Gasteiger partial charge is 0.230 e. The van der Waals surface area contributed by atoms with Crippen molar-refractivity contribution in [2.75, 3.05) is 41.7 Å². The minimum absolute atomic E-state index is 0.00205. The van der Waals surface area contributed by atoms with Crippen LogP contribution in [0.1, 0.15) is 11.1 Å². The number of aryl methyl sites for hydroxylation is 1. The number of hydrogen-bond acceptors (Lipinski definition) is 6. The molecule has 3 aromatic rings. The van der Waals surface area contributed by atoms with Crippen molar-refractivity contribution in [2.24, 2.45) is 0 Å². The van der Waals surface area contributed by atoms with Crippen molar-refractivity contribution in [1.29, 1.82) is 0 Å². The summed E-state index contributed by atoms with van der Waals surface area (Å²) < 4.78 is 0. The van der Waals surface area contributed by atoms with Crippen LogP contribution in [-0.4, -0.2) is 47.8 Å². The number of amides is 1. The van der Waals surface area contributed by atoms with Gasteiger partial charge in [0.05, 0.1) is 5.75 Å². The number of anilines is 2. The summed E-state index contributed by atoms with van der Waals surface area (Å²) in [5, 5.41) is 3.79. The Bertz CT molecular complexity index is 988. The summed E-state index contributed by atoms with van der Waals surface area (Å²) in [6.07, 6.45) is 1.59. The zero-order chi connectivity index (χ0) is 21.5. The summed E-state index contributed by atoms with van der Waals surface area (Å²) in [5.74, 6) is 1.26. The van der Waals surface area contributed by atoms with Gasteiger partial charge in [-0.05, 0) is 24.6 Å². The number of aromatic nitrogens is 2. The maximum Gasteiger partial charge on any atom is 0.230 e. The lowest BCUT2D eigenvalue weighted by Gasteiger charge is -2.36. The lowest BCUT2D eigenvalue weighted by atomic mass is 10.1. The number of hydrogen-bond donors (Lipinski definition) is 1. The maximum absolute atomic E-state index is 12.2. The first-order valence-corrected chi connectivity index (χ1v) is 11.5. The fraction of sp³-hybridized carbons (Fsp3) is 0.292. The average Bonchev–Trinajstić information content (AvgIpc) is 2.83. The predicted octanol–water partition coefficient (Wildman–Crippen LogP) is 3.52. The Morgan fingerprint density at radius 1 is 0.968 bits per heavy atom. The molecule has 0 unspecified atom stereocenters. The summed E-state index contributed by atoms with van der Waals surface area (Å²) in [4.78, 5) is 25.7. The molecule has 160 valence electrons. The van der Waals surface area contributed by atoms with Crippen molar-refractivity contribution in [1.82, 2.24) is 15.3 Å². The topological polar surface area (TPSA) is 61.4 Å². The number of carbonyl (C=O) groups is 1. The molecule has 6 nitrogen and oxygen atoms in total. The molecule has 2 heterocycles. The highest BCUT2D eigenvalue weighted by atomic mass is 32.2. The Morgan fingerprint density at radius 2 is 1.68 bits per heavy atom. The quantitative estimate of drug-likeness (QED) is 0.454. The van der Waals surface area contributed by atoms with Crippen molar-refractivity contribution in [2.45, 2.75) is 18.5 Å². The van der Waals surface area contributed by atoms with Gasteiger partial charge in [-0.3, -0.25) is 4.79 Å². The van der Waals surface area contributed by atoms with Gasteiger partial charge in [-0.25, -0.2) is 9.97 Å². The molecule has 1 aromatic heterocycles. The minimum Gasteiger partial charge on any atom is -0.368 e. The van der Waals surface area contributed by atoms with E-state index in [1.165, 1.54) is 23.0 Å². The van der Waals surface area contributed by atoms with Crippen LogP contribution < -0.4 is 15.1 Å². The molecule has 1 aliphatic rings. The SMILES string of the molecule is Cc1ccc(CNC(=O)CSc2cc(N3CCN(c4ccccc4)CC3)ncn2)cc1. The molecule has 4 rings (SSSR count). The lowest BCUT2D eigenvalue weighted by Crippen LogP contribution is -2.46. The van der Waals surface area contributed by atoms with E-state index in [1.807, 2.05) is 24.3 Å². The first-order valence-electron chi connectivity index (χ1n) is 10.5. The second-order valence-electron chi connectivity index (χ2n) is 7.58. The molecule has 1 N–H and O–H groups in total. The number of thioether (sulfide) groups is 1. The normalized spacial score (nSPS) is 13.8. The van der Waals surface area contributed by atoms with Crippen LogP contribution in [0.4, 0.5) is 11.5 Å². The highest BCUT2D eigenvalue weighted by Gasteiger charge is 2.18. The summed E-state index contributed by atoms with van der Waals surface area (Å²) in [5.41, 5.74) is 3.58. The molecule has 0 radical (unpaired) electrons. The van der Waals surface area contributed by atoms with Gasteiger partial charge in [0, 0.05) is 44.5 Å². The van der Waals surface area contributed by atoms with Crippen molar-refractivity contribution in [3.63, 3.8) is 0 Å². The Kier molecular flexibility index (Phi) is 7.04. The summed E-state index contributed by atoms with van der Waals surface area (Å²) in [7, 11) is 0. The molecule has 0 saturated carbocycles. The van der Waals surface area contributed by atoms with Crippen molar-refractivity contribution >= 4 is 29.2 Å². The van der Waals surface area contributed by atoms with Gasteiger partial charge in [0.25, 0.3) is 0 Å². The van der Waals surface area contributed by atoms with E-state index < -0.39 is 0 Å². The van der Waals surface area contributed by atoms with Crippen LogP contribution >= 0.6 is 11.8 Å². The van der Waals surface area contributed by atoms with Crippen LogP contribution in [0.2, 0.25) is 0 Å². The molecule has 0 spiro atoms. The van der Waals surface area contributed by atoms with Crippen LogP contribution in [-0.2, 0) is 11.3 Å². The molecular formula is C24H27N5OS. The number of para-hydroxylation sites is 1. The van der Waals surface area contributed by atoms with Crippen molar-refractivity contribution in [3.05, 3.63) is 78.1 Å². The zero-order valence-corrected chi connectivity index (χ0v) is 18.5. The average molecular weight is 434 g/mol. The van der Waals surface area contributed by atoms with E-state index in [0.29, 0.717) is 12.3 Å². The fourth-order valence-electron chi connectivity index (χ4n) is 3.51. The second kappa shape index (κ2) is 10.3. The van der Waals surface area contributed by atoms with E-state index in [4.69, 9.17) is 0 Å². The molecule has 1 amide bonds. The zero-order valence-electron chi connectivity index (χ0n) is 17.7. The number of piperazine rings is 1. The number of rotatable bonds is 7. The van der Waals surface area contributed by atoms with Gasteiger partial charge >= 0.3 is 0 Å². The first kappa shape index (κ1) is 21.2. The van der Waals surface area contributed by atoms with Crippen LogP contribution in [0.5, 0.6) is 0 Å². The molecule has 1 saturated heterocycles. The van der Waals surface area contributed by atoms with E-state index in [2.05, 4.69) is 68.4 Å². The van der Waals surface area contributed by atoms with Gasteiger partial charge in [-0.1, -0.05) is 59.8 Å². The van der Waals surface area contributed by atoms with Gasteiger partial charge in [0.1, 0.15) is 17.2 Å². The highest BCUT2D eigenvalue weighted by Crippen LogP contribution is 2.22. The van der Waals surface area contributed by atoms with Gasteiger partial charge in [-0.2, -0.15) is 0 Å². The molecule has 1 aliphatic heterocycles. The molecule has 7 heteroatoms. The fourth-order valence-corrected chi connectivity index (χ4v) is 4.20. The van der Waals surface area contributed by atoms with Crippen molar-refractivity contribution < 1.29 is 4.79 Å². The Hall–Kier alpha value is -3.06. The second-order valence-corrected chi connectivity index (χ2v) is 8.57. The molecule has 31 heavy (non-hydrogen) atoms. The van der Waals surface area contributed by atoms with E-state index >= 15 is 0 Å². The van der Waals surface area contributed by atoms with Gasteiger partial charge in [0.15, 0.2) is 0 Å². The van der Waals surface area contributed by atoms with Gasteiger partial charge < -0.3 is 15.1 Å². The summed E-state index contributed by atoms with van der Waals surface area (Å²) in [6, 6.07) is 20.7. The van der Waals surface area contributed by atoms with Crippen LogP contribution in [0.15, 0.2) is 72.0 Å². The monoisotopic (exact) mass is 433 g/mol. The first-order chi connectivity index (χ1) is 15.2. The molecular weight excluding hydrogens is 406 g/mol. The third-order valence-electron chi connectivity index (χ3n) is 5.31. The molecule has 2 aromatic carbocycles. The summed E-state index contributed by atoms with van der Waals surface area (Å²) >= 11 is 1.44. The Balaban J connectivity index is 1.25. The third kappa shape index (κ3) is 5.98. The van der Waals surface area contributed by atoms with Gasteiger partial charge in [0.2, 0.25) is 5.91 Å². The standard InChI is InChI=1S/C24H27N5OS/c1-19-7-9-20(10-8-19)16-25-23(30)17-31-24-15-22(26-18-27-24)29-13-11-28(12-14-29)21-5-3-2-4-6-21/h2-10,15,18H,11-14,16-17H2,1H3,(H,25,30). The molecule has 0 bridgehead atoms. The molecule has 0 atom stereocenters. The predicted molar refractivity (Wildman–Crippen MR) is 127 cm³/mol. The van der Waals surface area contributed by atoms with Crippen LogP contribution in [0.25, 0.3) is 0 Å². The van der Waals surface area contributed by atoms with Crippen LogP contribution in [0.3, 0.4) is 0 Å². The number of benzene rings is 2. The Morgan fingerprint density at radius 3 is 2.42 bits per heavy atom. The maximum atomic E-state index is 12.2. The molecule has 0 aliphatic carbocycles. The van der Waals surface area contributed by atoms with E-state index in [1.54, 1.807) is 6.33 Å². The number of carbonyl (C=O) groups excluding carboxylic acids is 1. The minimum atomic E-state index is 0.00205.